The molecular weight excluding hydrogens is 432 g/mol. The number of rotatable bonds is 6. The highest BCUT2D eigenvalue weighted by molar-refractivity contribution is 9.10. The number of fused-ring (bicyclic) bond motifs is 1. The molecule has 6 nitrogen and oxygen atoms in total. The Bertz CT molecular complexity index is 1090. The normalized spacial score (nSPS) is 11.9. The number of hydrogen-bond acceptors (Lipinski definition) is 4. The summed E-state index contributed by atoms with van der Waals surface area (Å²) in [7, 11) is -3.60. The molecule has 27 heavy (non-hydrogen) atoms. The van der Waals surface area contributed by atoms with Crippen molar-refractivity contribution in [1.29, 1.82) is 0 Å². The molecule has 0 saturated heterocycles. The van der Waals surface area contributed by atoms with Gasteiger partial charge in [0.2, 0.25) is 10.0 Å². The van der Waals surface area contributed by atoms with Crippen molar-refractivity contribution in [3.63, 3.8) is 0 Å². The van der Waals surface area contributed by atoms with E-state index in [4.69, 9.17) is 4.42 Å². The highest BCUT2D eigenvalue weighted by atomic mass is 79.9. The molecule has 2 aromatic carbocycles. The zero-order valence-corrected chi connectivity index (χ0v) is 17.3. The van der Waals surface area contributed by atoms with E-state index in [9.17, 15) is 13.2 Å². The smallest absolute Gasteiger partial charge is 0.291 e. The first-order valence-electron chi connectivity index (χ1n) is 8.46. The number of hydrogen-bond donors (Lipinski definition) is 1. The van der Waals surface area contributed by atoms with Crippen molar-refractivity contribution < 1.29 is 17.6 Å². The SMILES string of the molecule is CCN(CC)S(=O)(=O)c1cccc(NC(=O)c2cc3cccc(Br)c3o2)c1. The molecule has 1 heterocycles. The van der Waals surface area contributed by atoms with E-state index < -0.39 is 15.9 Å². The Morgan fingerprint density at radius 1 is 1.11 bits per heavy atom. The Labute approximate surface area is 166 Å². The summed E-state index contributed by atoms with van der Waals surface area (Å²) in [5.41, 5.74) is 0.966. The van der Waals surface area contributed by atoms with Gasteiger partial charge in [0, 0.05) is 24.2 Å². The van der Waals surface area contributed by atoms with Gasteiger partial charge in [0.25, 0.3) is 5.91 Å². The van der Waals surface area contributed by atoms with Gasteiger partial charge < -0.3 is 9.73 Å². The molecule has 8 heteroatoms. The fourth-order valence-corrected chi connectivity index (χ4v) is 4.75. The van der Waals surface area contributed by atoms with Gasteiger partial charge in [-0.2, -0.15) is 4.31 Å². The number of furan rings is 1. The van der Waals surface area contributed by atoms with E-state index in [2.05, 4.69) is 21.2 Å². The van der Waals surface area contributed by atoms with Crippen LogP contribution in [0.5, 0.6) is 0 Å². The topological polar surface area (TPSA) is 79.6 Å². The van der Waals surface area contributed by atoms with Crippen molar-refractivity contribution in [2.75, 3.05) is 18.4 Å². The van der Waals surface area contributed by atoms with Gasteiger partial charge in [-0.25, -0.2) is 8.42 Å². The molecule has 0 bridgehead atoms. The quantitative estimate of drug-likeness (QED) is 0.600. The van der Waals surface area contributed by atoms with E-state index in [0.717, 1.165) is 9.86 Å². The molecular formula is C19H19BrN2O4S. The predicted octanol–water partition coefficient (Wildman–Crippen LogP) is 4.48. The summed E-state index contributed by atoms with van der Waals surface area (Å²) in [6.07, 6.45) is 0. The number of nitrogens with zero attached hydrogens (tertiary/aromatic N) is 1. The maximum absolute atomic E-state index is 12.6. The molecule has 0 aliphatic rings. The second-order valence-electron chi connectivity index (χ2n) is 5.84. The summed E-state index contributed by atoms with van der Waals surface area (Å²) in [5, 5.41) is 3.49. The van der Waals surface area contributed by atoms with Gasteiger partial charge in [-0.3, -0.25) is 4.79 Å². The van der Waals surface area contributed by atoms with Crippen LogP contribution >= 0.6 is 15.9 Å². The highest BCUT2D eigenvalue weighted by Gasteiger charge is 2.22. The third kappa shape index (κ3) is 3.92. The zero-order valence-electron chi connectivity index (χ0n) is 14.9. The summed E-state index contributed by atoms with van der Waals surface area (Å²) >= 11 is 3.39. The second-order valence-corrected chi connectivity index (χ2v) is 8.63. The number of amides is 1. The molecule has 3 rings (SSSR count). The first-order chi connectivity index (χ1) is 12.9. The van der Waals surface area contributed by atoms with Gasteiger partial charge in [0.15, 0.2) is 5.76 Å². The van der Waals surface area contributed by atoms with Crippen molar-refractivity contribution in [1.82, 2.24) is 4.31 Å². The van der Waals surface area contributed by atoms with Crippen LogP contribution in [0.4, 0.5) is 5.69 Å². The summed E-state index contributed by atoms with van der Waals surface area (Å²) in [4.78, 5) is 12.7. The number of anilines is 1. The van der Waals surface area contributed by atoms with Gasteiger partial charge >= 0.3 is 0 Å². The van der Waals surface area contributed by atoms with Crippen molar-refractivity contribution in [3.8, 4) is 0 Å². The van der Waals surface area contributed by atoms with Crippen LogP contribution in [0.25, 0.3) is 11.0 Å². The average molecular weight is 451 g/mol. The standard InChI is InChI=1S/C19H19BrN2O4S/c1-3-22(4-2)27(24,25)15-9-6-8-14(12-15)21-19(23)17-11-13-7-5-10-16(20)18(13)26-17/h5-12H,3-4H2,1-2H3,(H,21,23). The van der Waals surface area contributed by atoms with Gasteiger partial charge in [-0.1, -0.05) is 32.0 Å². The minimum absolute atomic E-state index is 0.136. The molecule has 0 fully saturated rings. The average Bonchev–Trinajstić information content (AvgIpc) is 3.09. The second kappa shape index (κ2) is 7.84. The van der Waals surface area contributed by atoms with Crippen LogP contribution in [0.1, 0.15) is 24.4 Å². The maximum Gasteiger partial charge on any atom is 0.291 e. The molecule has 0 saturated carbocycles. The molecule has 3 aromatic rings. The fourth-order valence-electron chi connectivity index (χ4n) is 2.78. The van der Waals surface area contributed by atoms with Crippen LogP contribution in [-0.4, -0.2) is 31.7 Å². The van der Waals surface area contributed by atoms with Gasteiger partial charge in [0.05, 0.1) is 9.37 Å². The van der Waals surface area contributed by atoms with E-state index in [1.54, 1.807) is 32.0 Å². The van der Waals surface area contributed by atoms with Crippen molar-refractivity contribution in [3.05, 3.63) is 58.8 Å². The Morgan fingerprint density at radius 2 is 1.81 bits per heavy atom. The van der Waals surface area contributed by atoms with Crippen molar-refractivity contribution >= 4 is 48.5 Å². The van der Waals surface area contributed by atoms with Gasteiger partial charge in [-0.05, 0) is 46.3 Å². The number of para-hydroxylation sites is 1. The van der Waals surface area contributed by atoms with Gasteiger partial charge in [0.1, 0.15) is 5.58 Å². The van der Waals surface area contributed by atoms with Crippen LogP contribution in [0, 0.1) is 0 Å². The molecule has 0 unspecified atom stereocenters. The lowest BCUT2D eigenvalue weighted by Crippen LogP contribution is -2.30. The van der Waals surface area contributed by atoms with Gasteiger partial charge in [-0.15, -0.1) is 0 Å². The number of nitrogens with one attached hydrogen (secondary N) is 1. The van der Waals surface area contributed by atoms with E-state index in [1.807, 2.05) is 18.2 Å². The highest BCUT2D eigenvalue weighted by Crippen LogP contribution is 2.27. The van der Waals surface area contributed by atoms with Crippen LogP contribution in [0.2, 0.25) is 0 Å². The molecule has 0 atom stereocenters. The molecule has 0 aliphatic heterocycles. The third-order valence-corrected chi connectivity index (χ3v) is 6.83. The first kappa shape index (κ1) is 19.6. The first-order valence-corrected chi connectivity index (χ1v) is 10.7. The Balaban J connectivity index is 1.87. The lowest BCUT2D eigenvalue weighted by molar-refractivity contribution is 0.0998. The van der Waals surface area contributed by atoms with Crippen molar-refractivity contribution in [2.45, 2.75) is 18.7 Å². The number of sulfonamides is 1. The fraction of sp³-hybridized carbons (Fsp3) is 0.211. The van der Waals surface area contributed by atoms with E-state index in [1.165, 1.54) is 16.4 Å². The Kier molecular flexibility index (Phi) is 5.69. The Morgan fingerprint density at radius 3 is 2.48 bits per heavy atom. The summed E-state index contributed by atoms with van der Waals surface area (Å²) in [6.45, 7) is 4.32. The molecule has 1 amide bonds. The number of benzene rings is 2. The number of halogens is 1. The molecule has 1 aromatic heterocycles. The molecule has 142 valence electrons. The van der Waals surface area contributed by atoms with E-state index >= 15 is 0 Å². The van der Waals surface area contributed by atoms with Crippen LogP contribution in [0.15, 0.2) is 62.3 Å². The maximum atomic E-state index is 12.6. The summed E-state index contributed by atoms with van der Waals surface area (Å²) in [5.74, 6) is -0.301. The molecule has 1 N–H and O–H groups in total. The van der Waals surface area contributed by atoms with Crippen LogP contribution in [0.3, 0.4) is 0 Å². The lowest BCUT2D eigenvalue weighted by Gasteiger charge is -2.18. The molecule has 0 radical (unpaired) electrons. The third-order valence-electron chi connectivity index (χ3n) is 4.15. The largest absolute Gasteiger partial charge is 0.450 e. The van der Waals surface area contributed by atoms with E-state index in [-0.39, 0.29) is 10.7 Å². The summed E-state index contributed by atoms with van der Waals surface area (Å²) < 4.78 is 33.0. The minimum Gasteiger partial charge on any atom is -0.450 e. The lowest BCUT2D eigenvalue weighted by atomic mass is 10.2. The number of carbonyl (C=O) groups is 1. The van der Waals surface area contributed by atoms with Crippen LogP contribution < -0.4 is 5.32 Å². The monoisotopic (exact) mass is 450 g/mol. The summed E-state index contributed by atoms with van der Waals surface area (Å²) in [6, 6.07) is 13.4. The Hall–Kier alpha value is -2.16. The number of carbonyl (C=O) groups excluding carboxylic acids is 1. The molecule has 0 aliphatic carbocycles. The minimum atomic E-state index is -3.60. The zero-order chi connectivity index (χ0) is 19.6. The van der Waals surface area contributed by atoms with Crippen LogP contribution in [-0.2, 0) is 10.0 Å². The molecule has 0 spiro atoms. The van der Waals surface area contributed by atoms with Crippen molar-refractivity contribution in [2.24, 2.45) is 0 Å². The predicted molar refractivity (Wildman–Crippen MR) is 108 cm³/mol. The van der Waals surface area contributed by atoms with E-state index in [0.29, 0.717) is 24.4 Å².